The fourth-order valence-electron chi connectivity index (χ4n) is 1.85. The van der Waals surface area contributed by atoms with E-state index in [1.807, 2.05) is 38.1 Å². The molecule has 0 spiro atoms. The van der Waals surface area contributed by atoms with E-state index in [4.69, 9.17) is 16.3 Å². The minimum Gasteiger partial charge on any atom is -0.497 e. The van der Waals surface area contributed by atoms with E-state index in [1.54, 1.807) is 7.11 Å². The van der Waals surface area contributed by atoms with Crippen LogP contribution in [-0.4, -0.2) is 17.1 Å². The van der Waals surface area contributed by atoms with Crippen molar-refractivity contribution in [1.29, 1.82) is 0 Å². The van der Waals surface area contributed by atoms with E-state index >= 15 is 0 Å². The maximum Gasteiger partial charge on any atom is 0.161 e. The van der Waals surface area contributed by atoms with Crippen molar-refractivity contribution in [1.82, 2.24) is 9.97 Å². The maximum absolute atomic E-state index is 6.18. The van der Waals surface area contributed by atoms with Crippen LogP contribution in [0.5, 0.6) is 5.75 Å². The highest BCUT2D eigenvalue weighted by atomic mass is 35.5. The van der Waals surface area contributed by atoms with E-state index in [1.165, 1.54) is 0 Å². The second-order valence-corrected chi connectivity index (χ2v) is 4.35. The number of benzene rings is 1. The Morgan fingerprint density at radius 3 is 2.67 bits per heavy atom. The Labute approximate surface area is 112 Å². The molecule has 0 aliphatic rings. The minimum absolute atomic E-state index is 0.530. The predicted octanol–water partition coefficient (Wildman–Crippen LogP) is 3.68. The lowest BCUT2D eigenvalue weighted by Gasteiger charge is -2.08. The summed E-state index contributed by atoms with van der Waals surface area (Å²) in [6.45, 7) is 4.00. The van der Waals surface area contributed by atoms with Gasteiger partial charge in [-0.15, -0.1) is 0 Å². The molecular weight excluding hydrogens is 248 g/mol. The number of nitrogens with zero attached hydrogens (tertiary/aromatic N) is 2. The number of rotatable bonds is 3. The van der Waals surface area contributed by atoms with Gasteiger partial charge in [0.15, 0.2) is 5.82 Å². The summed E-state index contributed by atoms with van der Waals surface area (Å²) in [7, 11) is 1.64. The van der Waals surface area contributed by atoms with E-state index in [9.17, 15) is 0 Å². The van der Waals surface area contributed by atoms with Crippen LogP contribution in [0.2, 0.25) is 5.15 Å². The summed E-state index contributed by atoms with van der Waals surface area (Å²) >= 11 is 6.18. The van der Waals surface area contributed by atoms with E-state index in [0.717, 1.165) is 29.0 Å². The predicted molar refractivity (Wildman–Crippen MR) is 73.1 cm³/mol. The Kier molecular flexibility index (Phi) is 3.82. The van der Waals surface area contributed by atoms with Crippen LogP contribution in [0.1, 0.15) is 18.2 Å². The second-order valence-electron chi connectivity index (χ2n) is 3.99. The van der Waals surface area contributed by atoms with Crippen LogP contribution >= 0.6 is 11.6 Å². The fraction of sp³-hybridized carbons (Fsp3) is 0.286. The number of methoxy groups -OCH3 is 1. The molecule has 18 heavy (non-hydrogen) atoms. The lowest BCUT2D eigenvalue weighted by Crippen LogP contribution is -1.99. The van der Waals surface area contributed by atoms with Gasteiger partial charge in [-0.05, 0) is 25.5 Å². The van der Waals surface area contributed by atoms with E-state index in [0.29, 0.717) is 11.0 Å². The molecule has 0 unspecified atom stereocenters. The summed E-state index contributed by atoms with van der Waals surface area (Å²) < 4.78 is 5.19. The monoisotopic (exact) mass is 262 g/mol. The summed E-state index contributed by atoms with van der Waals surface area (Å²) in [6.07, 6.45) is 0.836. The van der Waals surface area contributed by atoms with Gasteiger partial charge in [0.25, 0.3) is 0 Å². The molecule has 4 heteroatoms. The number of aryl methyl sites for hydroxylation is 1. The topological polar surface area (TPSA) is 35.0 Å². The van der Waals surface area contributed by atoms with Crippen molar-refractivity contribution < 1.29 is 4.74 Å². The molecule has 0 saturated heterocycles. The summed E-state index contributed by atoms with van der Waals surface area (Å²) in [5, 5.41) is 0.530. The molecule has 2 rings (SSSR count). The Bertz CT molecular complexity index is 546. The normalized spacial score (nSPS) is 10.4. The standard InChI is InChI=1S/C14H15ClN2O/c1-4-12-9(2)16-14(17-13(12)15)10-6-5-7-11(8-10)18-3/h5-8H,4H2,1-3H3. The van der Waals surface area contributed by atoms with E-state index < -0.39 is 0 Å². The van der Waals surface area contributed by atoms with Crippen LogP contribution in [0.15, 0.2) is 24.3 Å². The fourth-order valence-corrected chi connectivity index (χ4v) is 2.20. The highest BCUT2D eigenvalue weighted by Gasteiger charge is 2.10. The zero-order valence-corrected chi connectivity index (χ0v) is 11.5. The number of hydrogen-bond acceptors (Lipinski definition) is 3. The molecule has 3 nitrogen and oxygen atoms in total. The zero-order valence-electron chi connectivity index (χ0n) is 10.7. The number of hydrogen-bond donors (Lipinski definition) is 0. The SMILES string of the molecule is CCc1c(C)nc(-c2cccc(OC)c2)nc1Cl. The molecule has 94 valence electrons. The van der Waals surface area contributed by atoms with Crippen molar-refractivity contribution in [3.05, 3.63) is 40.7 Å². The average Bonchev–Trinajstić information content (AvgIpc) is 2.38. The van der Waals surface area contributed by atoms with Crippen LogP contribution < -0.4 is 4.74 Å². The summed E-state index contributed by atoms with van der Waals surface area (Å²) in [5.74, 6) is 1.41. The van der Waals surface area contributed by atoms with E-state index in [-0.39, 0.29) is 0 Å². The van der Waals surface area contributed by atoms with Gasteiger partial charge in [0.1, 0.15) is 10.9 Å². The molecule has 1 aromatic carbocycles. The molecule has 1 aromatic heterocycles. The third-order valence-electron chi connectivity index (χ3n) is 2.84. The van der Waals surface area contributed by atoms with Crippen LogP contribution in [0.3, 0.4) is 0 Å². The Morgan fingerprint density at radius 1 is 1.28 bits per heavy atom. The quantitative estimate of drug-likeness (QED) is 0.792. The van der Waals surface area contributed by atoms with Crippen LogP contribution in [0, 0.1) is 6.92 Å². The van der Waals surface area contributed by atoms with Crippen molar-refractivity contribution in [2.75, 3.05) is 7.11 Å². The third-order valence-corrected chi connectivity index (χ3v) is 3.16. The zero-order chi connectivity index (χ0) is 13.1. The number of aromatic nitrogens is 2. The van der Waals surface area contributed by atoms with Crippen LogP contribution in [-0.2, 0) is 6.42 Å². The van der Waals surface area contributed by atoms with Crippen molar-refractivity contribution in [3.8, 4) is 17.1 Å². The summed E-state index contributed by atoms with van der Waals surface area (Å²) in [6, 6.07) is 7.64. The van der Waals surface area contributed by atoms with Gasteiger partial charge in [-0.3, -0.25) is 0 Å². The maximum atomic E-state index is 6.18. The van der Waals surface area contributed by atoms with Crippen molar-refractivity contribution >= 4 is 11.6 Å². The first-order valence-electron chi connectivity index (χ1n) is 5.83. The number of halogens is 1. The molecule has 0 aliphatic heterocycles. The molecule has 0 atom stereocenters. The molecule has 0 saturated carbocycles. The van der Waals surface area contributed by atoms with Crippen LogP contribution in [0.4, 0.5) is 0 Å². The first-order chi connectivity index (χ1) is 8.65. The molecule has 0 aliphatic carbocycles. The minimum atomic E-state index is 0.530. The Morgan fingerprint density at radius 2 is 2.06 bits per heavy atom. The molecule has 1 heterocycles. The smallest absolute Gasteiger partial charge is 0.161 e. The molecule has 2 aromatic rings. The molecule has 0 bridgehead atoms. The van der Waals surface area contributed by atoms with Crippen molar-refractivity contribution in [2.45, 2.75) is 20.3 Å². The lowest BCUT2D eigenvalue weighted by atomic mass is 10.1. The van der Waals surface area contributed by atoms with Gasteiger partial charge < -0.3 is 4.74 Å². The first kappa shape index (κ1) is 12.8. The third kappa shape index (κ3) is 2.46. The van der Waals surface area contributed by atoms with Gasteiger partial charge in [-0.25, -0.2) is 9.97 Å². The molecule has 0 fully saturated rings. The molecular formula is C14H15ClN2O. The Balaban J connectivity index is 2.51. The van der Waals surface area contributed by atoms with Gasteiger partial charge in [0.2, 0.25) is 0 Å². The average molecular weight is 263 g/mol. The highest BCUT2D eigenvalue weighted by molar-refractivity contribution is 6.30. The van der Waals surface area contributed by atoms with Gasteiger partial charge in [-0.2, -0.15) is 0 Å². The van der Waals surface area contributed by atoms with Gasteiger partial charge in [-0.1, -0.05) is 30.7 Å². The first-order valence-corrected chi connectivity index (χ1v) is 6.21. The van der Waals surface area contributed by atoms with Crippen LogP contribution in [0.25, 0.3) is 11.4 Å². The van der Waals surface area contributed by atoms with Gasteiger partial charge in [0.05, 0.1) is 7.11 Å². The summed E-state index contributed by atoms with van der Waals surface area (Å²) in [5.41, 5.74) is 2.83. The number of ether oxygens (including phenoxy) is 1. The van der Waals surface area contributed by atoms with Gasteiger partial charge >= 0.3 is 0 Å². The van der Waals surface area contributed by atoms with Gasteiger partial charge in [0, 0.05) is 16.8 Å². The van der Waals surface area contributed by atoms with Crippen molar-refractivity contribution in [2.24, 2.45) is 0 Å². The summed E-state index contributed by atoms with van der Waals surface area (Å²) in [4.78, 5) is 8.85. The molecule has 0 N–H and O–H groups in total. The second kappa shape index (κ2) is 5.36. The van der Waals surface area contributed by atoms with Crippen molar-refractivity contribution in [3.63, 3.8) is 0 Å². The molecule has 0 radical (unpaired) electrons. The lowest BCUT2D eigenvalue weighted by molar-refractivity contribution is 0.415. The largest absolute Gasteiger partial charge is 0.497 e. The molecule has 0 amide bonds. The Hall–Kier alpha value is -1.61. The highest BCUT2D eigenvalue weighted by Crippen LogP contribution is 2.25. The van der Waals surface area contributed by atoms with E-state index in [2.05, 4.69) is 9.97 Å².